The number of ether oxygens (including phenoxy) is 1. The zero-order valence-electron chi connectivity index (χ0n) is 17.4. The Hall–Kier alpha value is -3.52. The van der Waals surface area contributed by atoms with Crippen molar-refractivity contribution in [3.8, 4) is 0 Å². The molecule has 3 rings (SSSR count). The van der Waals surface area contributed by atoms with E-state index < -0.39 is 24.0 Å². The molecule has 8 nitrogen and oxygen atoms in total. The molecule has 1 heterocycles. The van der Waals surface area contributed by atoms with Gasteiger partial charge in [0.15, 0.2) is 6.10 Å². The largest absolute Gasteiger partial charge is 0.464 e. The van der Waals surface area contributed by atoms with E-state index in [-0.39, 0.29) is 25.4 Å². The number of carbonyl (C=O) groups excluding carboxylic acids is 3. The van der Waals surface area contributed by atoms with Crippen LogP contribution in [0.1, 0.15) is 36.2 Å². The Morgan fingerprint density at radius 3 is 2.42 bits per heavy atom. The molecule has 0 unspecified atom stereocenters. The average molecular weight is 423 g/mol. The lowest BCUT2D eigenvalue weighted by Crippen LogP contribution is -2.48. The Labute approximate surface area is 180 Å². The van der Waals surface area contributed by atoms with Gasteiger partial charge in [0.2, 0.25) is 0 Å². The molecule has 1 aliphatic rings. The number of esters is 1. The van der Waals surface area contributed by atoms with Crippen LogP contribution in [0.15, 0.2) is 59.7 Å². The molecule has 0 saturated carbocycles. The van der Waals surface area contributed by atoms with E-state index in [9.17, 15) is 19.5 Å². The second kappa shape index (κ2) is 9.99. The molecule has 2 aromatic carbocycles. The summed E-state index contributed by atoms with van der Waals surface area (Å²) in [7, 11) is 0. The fraction of sp³-hybridized carbons (Fsp3) is 0.304. The number of aliphatic hydroxyl groups excluding tert-OH is 1. The maximum absolute atomic E-state index is 12.8. The van der Waals surface area contributed by atoms with Gasteiger partial charge >= 0.3 is 5.97 Å². The van der Waals surface area contributed by atoms with E-state index in [1.807, 2.05) is 30.3 Å². The minimum Gasteiger partial charge on any atom is -0.464 e. The highest BCUT2D eigenvalue weighted by Gasteiger charge is 2.29. The second-order valence-corrected chi connectivity index (χ2v) is 7.23. The molecule has 2 atom stereocenters. The first-order valence-electron chi connectivity index (χ1n) is 10.1. The fourth-order valence-corrected chi connectivity index (χ4v) is 3.26. The summed E-state index contributed by atoms with van der Waals surface area (Å²) in [4.78, 5) is 36.8. The molecule has 0 radical (unpaired) electrons. The Balaban J connectivity index is 1.74. The van der Waals surface area contributed by atoms with E-state index in [2.05, 4.69) is 10.4 Å². The van der Waals surface area contributed by atoms with Crippen LogP contribution in [0.2, 0.25) is 0 Å². The van der Waals surface area contributed by atoms with Crippen LogP contribution in [0.4, 0.5) is 5.69 Å². The Bertz CT molecular complexity index is 972. The topological polar surface area (TPSA) is 108 Å². The second-order valence-electron chi connectivity index (χ2n) is 7.23. The molecule has 2 amide bonds. The van der Waals surface area contributed by atoms with E-state index in [0.29, 0.717) is 11.3 Å². The van der Waals surface area contributed by atoms with Gasteiger partial charge in [0.1, 0.15) is 0 Å². The van der Waals surface area contributed by atoms with Crippen LogP contribution in [0.25, 0.3) is 0 Å². The lowest BCUT2D eigenvalue weighted by molar-refractivity contribution is -0.154. The number of nitrogens with one attached hydrogen (secondary N) is 1. The first-order chi connectivity index (χ1) is 14.9. The molecule has 0 bridgehead atoms. The quantitative estimate of drug-likeness (QED) is 0.632. The van der Waals surface area contributed by atoms with Crippen LogP contribution >= 0.6 is 0 Å². The minimum absolute atomic E-state index is 0.126. The van der Waals surface area contributed by atoms with Crippen molar-refractivity contribution in [2.75, 3.05) is 11.6 Å². The Kier molecular flexibility index (Phi) is 7.15. The van der Waals surface area contributed by atoms with Gasteiger partial charge in [0.05, 0.1) is 24.8 Å². The summed E-state index contributed by atoms with van der Waals surface area (Å²) in [6.07, 6.45) is -0.987. The summed E-state index contributed by atoms with van der Waals surface area (Å²) in [5.74, 6) is -1.38. The molecule has 2 N–H and O–H groups in total. The average Bonchev–Trinajstić information content (AvgIpc) is 3.11. The zero-order valence-corrected chi connectivity index (χ0v) is 17.4. The lowest BCUT2D eigenvalue weighted by atomic mass is 10.0. The highest BCUT2D eigenvalue weighted by Crippen LogP contribution is 2.21. The van der Waals surface area contributed by atoms with Gasteiger partial charge in [0, 0.05) is 11.3 Å². The van der Waals surface area contributed by atoms with Gasteiger partial charge in [-0.3, -0.25) is 9.59 Å². The highest BCUT2D eigenvalue weighted by atomic mass is 16.5. The Morgan fingerprint density at radius 1 is 1.16 bits per heavy atom. The summed E-state index contributed by atoms with van der Waals surface area (Å²) in [5.41, 5.74) is 2.46. The van der Waals surface area contributed by atoms with Crippen molar-refractivity contribution in [2.45, 2.75) is 38.8 Å². The molecule has 162 valence electrons. The molecule has 31 heavy (non-hydrogen) atoms. The van der Waals surface area contributed by atoms with Crippen LogP contribution in [0.3, 0.4) is 0 Å². The molecule has 2 aromatic rings. The van der Waals surface area contributed by atoms with Gasteiger partial charge in [-0.2, -0.15) is 5.10 Å². The van der Waals surface area contributed by atoms with Gasteiger partial charge < -0.3 is 15.2 Å². The number of hydrazone groups is 1. The van der Waals surface area contributed by atoms with Crippen molar-refractivity contribution in [1.82, 2.24) is 5.32 Å². The normalized spacial score (nSPS) is 15.3. The van der Waals surface area contributed by atoms with Crippen molar-refractivity contribution in [3.05, 3.63) is 65.7 Å². The maximum atomic E-state index is 12.8. The van der Waals surface area contributed by atoms with E-state index >= 15 is 0 Å². The van der Waals surface area contributed by atoms with Crippen LogP contribution in [-0.4, -0.2) is 47.4 Å². The summed E-state index contributed by atoms with van der Waals surface area (Å²) in [6.45, 7) is 3.55. The molecular weight excluding hydrogens is 398 g/mol. The summed E-state index contributed by atoms with van der Waals surface area (Å²) >= 11 is 0. The number of aliphatic hydroxyl groups is 1. The molecule has 0 spiro atoms. The standard InChI is InChI=1S/C23H25N3O5/c1-3-31-23(30)21(28)19(14-16-7-5-4-6-8-16)24-22(29)17-9-11-18(12-10-17)26-20(27)13-15(2)25-26/h4-12,19,21,28H,3,13-14H2,1-2H3,(H,24,29)/t19-,21-/m1/s1. The van der Waals surface area contributed by atoms with Crippen molar-refractivity contribution in [3.63, 3.8) is 0 Å². The minimum atomic E-state index is -1.51. The molecule has 8 heteroatoms. The maximum Gasteiger partial charge on any atom is 0.337 e. The first kappa shape index (κ1) is 22.2. The molecule has 0 aliphatic carbocycles. The molecule has 0 fully saturated rings. The van der Waals surface area contributed by atoms with E-state index in [1.165, 1.54) is 5.01 Å². The summed E-state index contributed by atoms with van der Waals surface area (Å²) in [6, 6.07) is 14.8. The number of hydrogen-bond donors (Lipinski definition) is 2. The van der Waals surface area contributed by atoms with Gasteiger partial charge in [-0.15, -0.1) is 0 Å². The van der Waals surface area contributed by atoms with E-state index in [0.717, 1.165) is 11.3 Å². The smallest absolute Gasteiger partial charge is 0.337 e. The van der Waals surface area contributed by atoms with Crippen molar-refractivity contribution >= 4 is 29.2 Å². The van der Waals surface area contributed by atoms with Crippen LogP contribution in [0.5, 0.6) is 0 Å². The molecule has 1 aliphatic heterocycles. The zero-order chi connectivity index (χ0) is 22.4. The number of nitrogens with zero attached hydrogens (tertiary/aromatic N) is 2. The number of benzene rings is 2. The first-order valence-corrected chi connectivity index (χ1v) is 10.1. The van der Waals surface area contributed by atoms with E-state index in [4.69, 9.17) is 4.74 Å². The van der Waals surface area contributed by atoms with E-state index in [1.54, 1.807) is 38.1 Å². The summed E-state index contributed by atoms with van der Waals surface area (Å²) in [5, 5.41) is 18.7. The van der Waals surface area contributed by atoms with Crippen LogP contribution in [0, 0.1) is 0 Å². The third kappa shape index (κ3) is 5.55. The highest BCUT2D eigenvalue weighted by molar-refractivity contribution is 6.12. The van der Waals surface area contributed by atoms with Gasteiger partial charge in [-0.25, -0.2) is 9.80 Å². The third-order valence-electron chi connectivity index (χ3n) is 4.81. The predicted octanol–water partition coefficient (Wildman–Crippen LogP) is 2.06. The molecule has 0 aromatic heterocycles. The molecule has 0 saturated heterocycles. The van der Waals surface area contributed by atoms with Crippen molar-refractivity contribution < 1.29 is 24.2 Å². The number of rotatable bonds is 8. The molecular formula is C23H25N3O5. The summed E-state index contributed by atoms with van der Waals surface area (Å²) < 4.78 is 4.91. The number of anilines is 1. The van der Waals surface area contributed by atoms with Gasteiger partial charge in [-0.05, 0) is 50.1 Å². The SMILES string of the molecule is CCOC(=O)[C@H](O)[C@@H](Cc1ccccc1)NC(=O)c1ccc(N2N=C(C)CC2=O)cc1. The van der Waals surface area contributed by atoms with Gasteiger partial charge in [0.25, 0.3) is 11.8 Å². The van der Waals surface area contributed by atoms with Crippen molar-refractivity contribution in [1.29, 1.82) is 0 Å². The number of carbonyl (C=O) groups is 3. The van der Waals surface area contributed by atoms with Gasteiger partial charge in [-0.1, -0.05) is 30.3 Å². The number of amides is 2. The monoisotopic (exact) mass is 423 g/mol. The lowest BCUT2D eigenvalue weighted by Gasteiger charge is -2.23. The Morgan fingerprint density at radius 2 is 1.84 bits per heavy atom. The number of hydrogen-bond acceptors (Lipinski definition) is 6. The van der Waals surface area contributed by atoms with Crippen LogP contribution in [-0.2, 0) is 20.7 Å². The van der Waals surface area contributed by atoms with Crippen molar-refractivity contribution in [2.24, 2.45) is 5.10 Å². The third-order valence-corrected chi connectivity index (χ3v) is 4.81. The van der Waals surface area contributed by atoms with Crippen LogP contribution < -0.4 is 10.3 Å². The fourth-order valence-electron chi connectivity index (χ4n) is 3.26. The predicted molar refractivity (Wildman–Crippen MR) is 116 cm³/mol.